The van der Waals surface area contributed by atoms with Crippen LogP contribution in [0.5, 0.6) is 0 Å². The van der Waals surface area contributed by atoms with E-state index in [4.69, 9.17) is 4.74 Å². The van der Waals surface area contributed by atoms with Crippen molar-refractivity contribution in [2.24, 2.45) is 17.8 Å². The molecule has 2 bridgehead atoms. The topological polar surface area (TPSA) is 12.5 Å². The summed E-state index contributed by atoms with van der Waals surface area (Å²) in [5.41, 5.74) is 0. The molecule has 3 saturated carbocycles. The van der Waals surface area contributed by atoms with Crippen LogP contribution in [-0.4, -0.2) is 12.2 Å². The molecule has 0 unspecified atom stereocenters. The van der Waals surface area contributed by atoms with Crippen LogP contribution in [0.1, 0.15) is 26.2 Å². The molecule has 0 amide bonds. The normalized spacial score (nSPS) is 63.9. The minimum Gasteiger partial charge on any atom is -0.369 e. The van der Waals surface area contributed by atoms with Crippen LogP contribution in [0.25, 0.3) is 0 Å². The highest BCUT2D eigenvalue weighted by Crippen LogP contribution is 2.55. The molecular weight excluding hydrogens is 124 g/mol. The first-order valence-corrected chi connectivity index (χ1v) is 4.52. The van der Waals surface area contributed by atoms with Gasteiger partial charge in [0.1, 0.15) is 0 Å². The Morgan fingerprint density at radius 3 is 2.70 bits per heavy atom. The molecule has 0 aromatic heterocycles. The molecule has 3 aliphatic carbocycles. The lowest BCUT2D eigenvalue weighted by atomic mass is 9.65. The average molecular weight is 138 g/mol. The highest BCUT2D eigenvalue weighted by Gasteiger charge is 2.57. The predicted octanol–water partition coefficient (Wildman–Crippen LogP) is 1.82. The molecule has 0 radical (unpaired) electrons. The van der Waals surface area contributed by atoms with Crippen molar-refractivity contribution in [3.8, 4) is 0 Å². The number of hydrogen-bond acceptors (Lipinski definition) is 1. The molecule has 4 fully saturated rings. The molecule has 0 N–H and O–H groups in total. The number of hydrogen-bond donors (Lipinski definition) is 0. The zero-order chi connectivity index (χ0) is 6.72. The fourth-order valence-corrected chi connectivity index (χ4v) is 3.11. The molecule has 4 rings (SSSR count). The quantitative estimate of drug-likeness (QED) is 0.465. The van der Waals surface area contributed by atoms with E-state index >= 15 is 0 Å². The lowest BCUT2D eigenvalue weighted by Gasteiger charge is -2.37. The molecule has 10 heavy (non-hydrogen) atoms. The van der Waals surface area contributed by atoms with Crippen LogP contribution in [0.3, 0.4) is 0 Å². The van der Waals surface area contributed by atoms with E-state index in [2.05, 4.69) is 6.92 Å². The van der Waals surface area contributed by atoms with E-state index in [1.165, 1.54) is 19.3 Å². The number of fused-ring (bicyclic) bond motifs is 2. The van der Waals surface area contributed by atoms with Crippen LogP contribution in [0.15, 0.2) is 0 Å². The van der Waals surface area contributed by atoms with Gasteiger partial charge in [0.15, 0.2) is 0 Å². The van der Waals surface area contributed by atoms with Crippen molar-refractivity contribution in [3.63, 3.8) is 0 Å². The molecule has 1 aliphatic heterocycles. The smallest absolute Gasteiger partial charge is 0.0875 e. The van der Waals surface area contributed by atoms with E-state index in [0.717, 1.165) is 23.9 Å². The van der Waals surface area contributed by atoms with Gasteiger partial charge in [-0.3, -0.25) is 0 Å². The molecule has 4 aliphatic rings. The van der Waals surface area contributed by atoms with Crippen LogP contribution in [0.4, 0.5) is 0 Å². The molecule has 0 spiro atoms. The highest BCUT2D eigenvalue weighted by atomic mass is 16.6. The van der Waals surface area contributed by atoms with E-state index in [9.17, 15) is 0 Å². The van der Waals surface area contributed by atoms with E-state index < -0.39 is 0 Å². The first kappa shape index (κ1) is 5.59. The Hall–Kier alpha value is -0.0400. The molecule has 1 nitrogen and oxygen atoms in total. The Kier molecular flexibility index (Phi) is 0.883. The van der Waals surface area contributed by atoms with Crippen molar-refractivity contribution in [1.82, 2.24) is 0 Å². The average Bonchev–Trinajstić information content (AvgIpc) is 2.66. The van der Waals surface area contributed by atoms with Crippen LogP contribution in [-0.2, 0) is 4.74 Å². The summed E-state index contributed by atoms with van der Waals surface area (Å²) in [5.74, 6) is 2.85. The minimum atomic E-state index is 0.711. The standard InChI is InChI=1S/C9H14O/c1-5-4-6-2-3-7(5)9-8(6)10-9/h5-9H,2-4H2,1H3/t5-,6+,7-,8-,9+/m0/s1. The SMILES string of the molecule is C[C@H]1C[C@H]2CC[C@@H]1[C@H]1O[C@@H]21. The van der Waals surface area contributed by atoms with Crippen LogP contribution < -0.4 is 0 Å². The second-order valence-corrected chi connectivity index (χ2v) is 4.28. The van der Waals surface area contributed by atoms with Crippen molar-refractivity contribution in [2.75, 3.05) is 0 Å². The first-order valence-electron chi connectivity index (χ1n) is 4.52. The summed E-state index contributed by atoms with van der Waals surface area (Å²) in [4.78, 5) is 0. The molecule has 5 atom stereocenters. The first-order chi connectivity index (χ1) is 4.86. The number of rotatable bonds is 0. The molecular formula is C9H14O. The summed E-state index contributed by atoms with van der Waals surface area (Å²) in [5, 5.41) is 0. The van der Waals surface area contributed by atoms with Gasteiger partial charge in [0.2, 0.25) is 0 Å². The Morgan fingerprint density at radius 1 is 1.20 bits per heavy atom. The maximum absolute atomic E-state index is 5.64. The summed E-state index contributed by atoms with van der Waals surface area (Å²) < 4.78 is 5.64. The fraction of sp³-hybridized carbons (Fsp3) is 1.00. The third-order valence-electron chi connectivity index (χ3n) is 3.72. The monoisotopic (exact) mass is 138 g/mol. The predicted molar refractivity (Wildman–Crippen MR) is 38.7 cm³/mol. The van der Waals surface area contributed by atoms with Crippen molar-refractivity contribution in [1.29, 1.82) is 0 Å². The van der Waals surface area contributed by atoms with Gasteiger partial charge in [-0.1, -0.05) is 6.92 Å². The Labute approximate surface area is 61.8 Å². The lowest BCUT2D eigenvalue weighted by Crippen LogP contribution is -2.36. The van der Waals surface area contributed by atoms with E-state index in [-0.39, 0.29) is 0 Å². The van der Waals surface area contributed by atoms with E-state index in [1.807, 2.05) is 0 Å². The number of epoxide rings is 1. The maximum Gasteiger partial charge on any atom is 0.0875 e. The molecule has 1 heteroatoms. The van der Waals surface area contributed by atoms with Crippen molar-refractivity contribution < 1.29 is 4.74 Å². The second kappa shape index (κ2) is 1.58. The zero-order valence-corrected chi connectivity index (χ0v) is 6.42. The number of ether oxygens (including phenoxy) is 1. The van der Waals surface area contributed by atoms with Gasteiger partial charge in [0, 0.05) is 0 Å². The van der Waals surface area contributed by atoms with Gasteiger partial charge < -0.3 is 4.74 Å². The van der Waals surface area contributed by atoms with Gasteiger partial charge >= 0.3 is 0 Å². The third kappa shape index (κ3) is 0.531. The summed E-state index contributed by atoms with van der Waals surface area (Å²) in [6, 6.07) is 0. The van der Waals surface area contributed by atoms with Crippen LogP contribution in [0.2, 0.25) is 0 Å². The van der Waals surface area contributed by atoms with Crippen LogP contribution in [0, 0.1) is 17.8 Å². The van der Waals surface area contributed by atoms with Crippen LogP contribution >= 0.6 is 0 Å². The van der Waals surface area contributed by atoms with Crippen molar-refractivity contribution >= 4 is 0 Å². The maximum atomic E-state index is 5.64. The van der Waals surface area contributed by atoms with Gasteiger partial charge in [-0.05, 0) is 37.0 Å². The Balaban J connectivity index is 1.92. The summed E-state index contributed by atoms with van der Waals surface area (Å²) >= 11 is 0. The zero-order valence-electron chi connectivity index (χ0n) is 6.42. The molecule has 1 saturated heterocycles. The van der Waals surface area contributed by atoms with E-state index in [1.54, 1.807) is 0 Å². The molecule has 0 aromatic rings. The van der Waals surface area contributed by atoms with E-state index in [0.29, 0.717) is 6.10 Å². The van der Waals surface area contributed by atoms with Gasteiger partial charge in [-0.25, -0.2) is 0 Å². The summed E-state index contributed by atoms with van der Waals surface area (Å²) in [7, 11) is 0. The molecule has 56 valence electrons. The fourth-order valence-electron chi connectivity index (χ4n) is 3.11. The van der Waals surface area contributed by atoms with Gasteiger partial charge in [-0.15, -0.1) is 0 Å². The Bertz CT molecular complexity index is 164. The minimum absolute atomic E-state index is 0.711. The van der Waals surface area contributed by atoms with Gasteiger partial charge in [0.25, 0.3) is 0 Å². The Morgan fingerprint density at radius 2 is 2.10 bits per heavy atom. The lowest BCUT2D eigenvalue weighted by molar-refractivity contribution is 0.146. The summed E-state index contributed by atoms with van der Waals surface area (Å²) in [6.45, 7) is 2.40. The van der Waals surface area contributed by atoms with Gasteiger partial charge in [0.05, 0.1) is 12.2 Å². The van der Waals surface area contributed by atoms with Gasteiger partial charge in [-0.2, -0.15) is 0 Å². The largest absolute Gasteiger partial charge is 0.369 e. The summed E-state index contributed by atoms with van der Waals surface area (Å²) in [6.07, 6.45) is 5.78. The van der Waals surface area contributed by atoms with Crippen molar-refractivity contribution in [2.45, 2.75) is 38.4 Å². The van der Waals surface area contributed by atoms with Crippen molar-refractivity contribution in [3.05, 3.63) is 0 Å². The third-order valence-corrected chi connectivity index (χ3v) is 3.72. The molecule has 0 aromatic carbocycles. The second-order valence-electron chi connectivity index (χ2n) is 4.28. The highest BCUT2D eigenvalue weighted by molar-refractivity contribution is 5.05. The molecule has 1 heterocycles.